The van der Waals surface area contributed by atoms with E-state index in [9.17, 15) is 13.2 Å². The van der Waals surface area contributed by atoms with Gasteiger partial charge in [0.15, 0.2) is 6.10 Å². The zero-order valence-electron chi connectivity index (χ0n) is 6.11. The molecule has 0 aromatic heterocycles. The van der Waals surface area contributed by atoms with Crippen LogP contribution < -0.4 is 5.32 Å². The Morgan fingerprint density at radius 2 is 2.09 bits per heavy atom. The van der Waals surface area contributed by atoms with Crippen LogP contribution in [0, 0.1) is 0 Å². The summed E-state index contributed by atoms with van der Waals surface area (Å²) in [5.74, 6) is 0. The number of halogens is 3. The molecule has 0 aromatic carbocycles. The first-order valence-electron chi connectivity index (χ1n) is 3.43. The molecule has 66 valence electrons. The summed E-state index contributed by atoms with van der Waals surface area (Å²) in [7, 11) is 0. The lowest BCUT2D eigenvalue weighted by molar-refractivity contribution is -0.235. The highest BCUT2D eigenvalue weighted by Gasteiger charge is 2.45. The van der Waals surface area contributed by atoms with Crippen molar-refractivity contribution in [2.45, 2.75) is 25.2 Å². The molecule has 1 saturated heterocycles. The minimum absolute atomic E-state index is 0.133. The number of rotatable bonds is 0. The maximum atomic E-state index is 12.0. The SMILES string of the molecule is C[C@H]1NCCO[C@H]1C(F)(F)F. The van der Waals surface area contributed by atoms with Crippen molar-refractivity contribution in [2.75, 3.05) is 13.2 Å². The van der Waals surface area contributed by atoms with Gasteiger partial charge in [0.25, 0.3) is 0 Å². The van der Waals surface area contributed by atoms with Gasteiger partial charge in [-0.25, -0.2) is 0 Å². The van der Waals surface area contributed by atoms with Crippen LogP contribution in [0.1, 0.15) is 6.92 Å². The quantitative estimate of drug-likeness (QED) is 0.582. The van der Waals surface area contributed by atoms with Crippen molar-refractivity contribution in [3.05, 3.63) is 0 Å². The fourth-order valence-corrected chi connectivity index (χ4v) is 1.10. The Labute approximate surface area is 62.7 Å². The van der Waals surface area contributed by atoms with E-state index < -0.39 is 18.3 Å². The van der Waals surface area contributed by atoms with E-state index in [1.165, 1.54) is 6.92 Å². The van der Waals surface area contributed by atoms with Crippen molar-refractivity contribution < 1.29 is 17.9 Å². The summed E-state index contributed by atoms with van der Waals surface area (Å²) in [6.07, 6.45) is -5.89. The van der Waals surface area contributed by atoms with Crippen molar-refractivity contribution in [1.29, 1.82) is 0 Å². The molecule has 1 aliphatic heterocycles. The van der Waals surface area contributed by atoms with E-state index in [2.05, 4.69) is 10.1 Å². The molecular formula is C6H10F3NO. The third kappa shape index (κ3) is 2.07. The predicted molar refractivity (Wildman–Crippen MR) is 33.3 cm³/mol. The second-order valence-corrected chi connectivity index (χ2v) is 2.58. The molecule has 2 atom stereocenters. The highest BCUT2D eigenvalue weighted by atomic mass is 19.4. The lowest BCUT2D eigenvalue weighted by Gasteiger charge is -2.31. The molecule has 0 aliphatic carbocycles. The topological polar surface area (TPSA) is 21.3 Å². The summed E-state index contributed by atoms with van der Waals surface area (Å²) < 4.78 is 40.6. The average Bonchev–Trinajstić information content (AvgIpc) is 1.86. The van der Waals surface area contributed by atoms with Crippen molar-refractivity contribution in [2.24, 2.45) is 0 Å². The van der Waals surface area contributed by atoms with Gasteiger partial charge in [0.05, 0.1) is 6.61 Å². The molecular weight excluding hydrogens is 159 g/mol. The Bertz CT molecular complexity index is 136. The van der Waals surface area contributed by atoms with Crippen LogP contribution in [-0.2, 0) is 4.74 Å². The third-order valence-corrected chi connectivity index (χ3v) is 1.64. The molecule has 0 aromatic rings. The zero-order chi connectivity index (χ0) is 8.48. The Morgan fingerprint density at radius 1 is 1.45 bits per heavy atom. The van der Waals surface area contributed by atoms with Gasteiger partial charge in [-0.1, -0.05) is 0 Å². The molecule has 0 amide bonds. The van der Waals surface area contributed by atoms with Crippen LogP contribution in [0.4, 0.5) is 13.2 Å². The van der Waals surface area contributed by atoms with Gasteiger partial charge in [-0.05, 0) is 6.92 Å². The normalized spacial score (nSPS) is 33.8. The molecule has 0 saturated carbocycles. The minimum atomic E-state index is -4.24. The summed E-state index contributed by atoms with van der Waals surface area (Å²) in [6, 6.07) is -0.635. The minimum Gasteiger partial charge on any atom is -0.366 e. The van der Waals surface area contributed by atoms with Gasteiger partial charge in [-0.3, -0.25) is 0 Å². The first-order chi connectivity index (χ1) is 5.02. The summed E-state index contributed by atoms with van der Waals surface area (Å²) in [5, 5.41) is 2.69. The number of ether oxygens (including phenoxy) is 1. The third-order valence-electron chi connectivity index (χ3n) is 1.64. The smallest absolute Gasteiger partial charge is 0.366 e. The predicted octanol–water partition coefficient (Wildman–Crippen LogP) is 0.926. The van der Waals surface area contributed by atoms with Crippen molar-refractivity contribution in [3.8, 4) is 0 Å². The van der Waals surface area contributed by atoms with E-state index >= 15 is 0 Å². The van der Waals surface area contributed by atoms with Crippen LogP contribution in [0.25, 0.3) is 0 Å². The van der Waals surface area contributed by atoms with E-state index in [-0.39, 0.29) is 6.61 Å². The first kappa shape index (κ1) is 8.80. The molecule has 2 nitrogen and oxygen atoms in total. The van der Waals surface area contributed by atoms with Gasteiger partial charge in [-0.2, -0.15) is 13.2 Å². The molecule has 1 rings (SSSR count). The van der Waals surface area contributed by atoms with Gasteiger partial charge in [0, 0.05) is 12.6 Å². The molecule has 1 heterocycles. The molecule has 0 spiro atoms. The van der Waals surface area contributed by atoms with Crippen LogP contribution in [0.2, 0.25) is 0 Å². The summed E-state index contributed by atoms with van der Waals surface area (Å²) in [5.41, 5.74) is 0. The summed E-state index contributed by atoms with van der Waals surface area (Å²) >= 11 is 0. The maximum Gasteiger partial charge on any atom is 0.416 e. The monoisotopic (exact) mass is 169 g/mol. The van der Waals surface area contributed by atoms with Crippen molar-refractivity contribution in [1.82, 2.24) is 5.32 Å². The van der Waals surface area contributed by atoms with Gasteiger partial charge in [-0.15, -0.1) is 0 Å². The fourth-order valence-electron chi connectivity index (χ4n) is 1.10. The number of alkyl halides is 3. The summed E-state index contributed by atoms with van der Waals surface area (Å²) in [6.45, 7) is 2.10. The average molecular weight is 169 g/mol. The van der Waals surface area contributed by atoms with E-state index in [1.807, 2.05) is 0 Å². The largest absolute Gasteiger partial charge is 0.416 e. The molecule has 1 N–H and O–H groups in total. The maximum absolute atomic E-state index is 12.0. The van der Waals surface area contributed by atoms with Crippen LogP contribution in [0.5, 0.6) is 0 Å². The van der Waals surface area contributed by atoms with Gasteiger partial charge >= 0.3 is 6.18 Å². The van der Waals surface area contributed by atoms with Crippen molar-refractivity contribution in [3.63, 3.8) is 0 Å². The number of hydrogen-bond donors (Lipinski definition) is 1. The van der Waals surface area contributed by atoms with E-state index in [1.54, 1.807) is 0 Å². The number of nitrogens with one attached hydrogen (secondary N) is 1. The van der Waals surface area contributed by atoms with Crippen LogP contribution in [0.15, 0.2) is 0 Å². The Kier molecular flexibility index (Phi) is 2.39. The van der Waals surface area contributed by atoms with Gasteiger partial charge in [0.2, 0.25) is 0 Å². The molecule has 1 aliphatic rings. The fraction of sp³-hybridized carbons (Fsp3) is 1.00. The lowest BCUT2D eigenvalue weighted by atomic mass is 10.1. The Morgan fingerprint density at radius 3 is 2.45 bits per heavy atom. The first-order valence-corrected chi connectivity index (χ1v) is 3.43. The van der Waals surface area contributed by atoms with Gasteiger partial charge < -0.3 is 10.1 Å². The van der Waals surface area contributed by atoms with Crippen LogP contribution >= 0.6 is 0 Å². The highest BCUT2D eigenvalue weighted by molar-refractivity contribution is 4.82. The Balaban J connectivity index is 2.55. The van der Waals surface area contributed by atoms with Crippen LogP contribution in [0.3, 0.4) is 0 Å². The lowest BCUT2D eigenvalue weighted by Crippen LogP contribution is -2.53. The van der Waals surface area contributed by atoms with Gasteiger partial charge in [0.1, 0.15) is 0 Å². The number of hydrogen-bond acceptors (Lipinski definition) is 2. The molecule has 11 heavy (non-hydrogen) atoms. The standard InChI is InChI=1S/C6H10F3NO/c1-4-5(6(7,8)9)11-3-2-10-4/h4-5,10H,2-3H2,1H3/t4-,5-/m1/s1. The number of morpholine rings is 1. The summed E-state index contributed by atoms with van der Waals surface area (Å²) in [4.78, 5) is 0. The highest BCUT2D eigenvalue weighted by Crippen LogP contribution is 2.26. The van der Waals surface area contributed by atoms with Crippen LogP contribution in [-0.4, -0.2) is 31.5 Å². The second kappa shape index (κ2) is 2.98. The molecule has 0 radical (unpaired) electrons. The second-order valence-electron chi connectivity index (χ2n) is 2.58. The zero-order valence-corrected chi connectivity index (χ0v) is 6.11. The molecule has 1 fully saturated rings. The van der Waals surface area contributed by atoms with Crippen molar-refractivity contribution >= 4 is 0 Å². The van der Waals surface area contributed by atoms with E-state index in [0.717, 1.165) is 0 Å². The Hall–Kier alpha value is -0.290. The molecule has 5 heteroatoms. The van der Waals surface area contributed by atoms with E-state index in [4.69, 9.17) is 0 Å². The molecule has 0 unspecified atom stereocenters. The van der Waals surface area contributed by atoms with E-state index in [0.29, 0.717) is 6.54 Å². The molecule has 0 bridgehead atoms.